The van der Waals surface area contributed by atoms with Gasteiger partial charge in [0.05, 0.1) is 6.21 Å². The highest BCUT2D eigenvalue weighted by Crippen LogP contribution is 2.18. The molecule has 0 aliphatic heterocycles. The van der Waals surface area contributed by atoms with Crippen molar-refractivity contribution in [3.05, 3.63) is 77.5 Å². The van der Waals surface area contributed by atoms with Gasteiger partial charge in [0.2, 0.25) is 0 Å². The highest BCUT2D eigenvalue weighted by molar-refractivity contribution is 6.00. The number of rotatable bonds is 5. The Morgan fingerprint density at radius 2 is 1.96 bits per heavy atom. The second kappa shape index (κ2) is 8.11. The molecule has 7 nitrogen and oxygen atoms in total. The van der Waals surface area contributed by atoms with Crippen molar-refractivity contribution in [3.63, 3.8) is 0 Å². The van der Waals surface area contributed by atoms with Crippen LogP contribution >= 0.6 is 0 Å². The van der Waals surface area contributed by atoms with Crippen LogP contribution in [0.4, 0.5) is 0 Å². The van der Waals surface area contributed by atoms with Gasteiger partial charge in [0.25, 0.3) is 11.8 Å². The van der Waals surface area contributed by atoms with E-state index in [1.54, 1.807) is 30.5 Å². The smallest absolute Gasteiger partial charge is 0.271 e. The molecule has 0 aliphatic rings. The van der Waals surface area contributed by atoms with E-state index in [1.165, 1.54) is 11.6 Å². The summed E-state index contributed by atoms with van der Waals surface area (Å²) in [6, 6.07) is 14.6. The number of nitrogens with zero attached hydrogens (tertiary/aromatic N) is 2. The number of carbonyl (C=O) groups excluding carboxylic acids is 2. The van der Waals surface area contributed by atoms with Gasteiger partial charge in [-0.15, -0.1) is 0 Å². The molecule has 2 amide bonds. The highest BCUT2D eigenvalue weighted by Gasteiger charge is 2.06. The molecule has 0 bridgehead atoms. The van der Waals surface area contributed by atoms with Crippen LogP contribution in [0.5, 0.6) is 0 Å². The van der Waals surface area contributed by atoms with Gasteiger partial charge in [0.15, 0.2) is 0 Å². The summed E-state index contributed by atoms with van der Waals surface area (Å²) in [5.41, 5.74) is 7.03. The van der Waals surface area contributed by atoms with Crippen LogP contribution in [0.1, 0.15) is 21.5 Å². The van der Waals surface area contributed by atoms with Crippen LogP contribution in [0.3, 0.4) is 0 Å². The van der Waals surface area contributed by atoms with E-state index in [4.69, 9.17) is 5.21 Å². The monoisotopic (exact) mass is 362 g/mol. The number of nitrogens with one attached hydrogen (secondary N) is 2. The zero-order valence-electron chi connectivity index (χ0n) is 14.6. The predicted octanol–water partition coefficient (Wildman–Crippen LogP) is 2.46. The van der Waals surface area contributed by atoms with Crippen molar-refractivity contribution in [2.45, 2.75) is 0 Å². The topological polar surface area (TPSA) is 95.7 Å². The minimum Gasteiger partial charge on any atom is -0.350 e. The number of aryl methyl sites for hydroxylation is 1. The maximum Gasteiger partial charge on any atom is 0.271 e. The Bertz CT molecular complexity index is 1050. The summed E-state index contributed by atoms with van der Waals surface area (Å²) >= 11 is 0. The largest absolute Gasteiger partial charge is 0.350 e. The number of hydrazone groups is 1. The third-order valence-corrected chi connectivity index (χ3v) is 3.98. The lowest BCUT2D eigenvalue weighted by Gasteiger charge is -2.01. The van der Waals surface area contributed by atoms with Crippen molar-refractivity contribution < 1.29 is 14.8 Å². The molecule has 0 unspecified atom stereocenters. The zero-order chi connectivity index (χ0) is 19.2. The third-order valence-electron chi connectivity index (χ3n) is 3.98. The van der Waals surface area contributed by atoms with Crippen LogP contribution in [0.25, 0.3) is 17.0 Å². The van der Waals surface area contributed by atoms with Gasteiger partial charge < -0.3 is 4.57 Å². The first-order chi connectivity index (χ1) is 13.1. The van der Waals surface area contributed by atoms with Crippen molar-refractivity contribution in [1.82, 2.24) is 15.5 Å². The molecule has 0 atom stereocenters. The summed E-state index contributed by atoms with van der Waals surface area (Å²) in [4.78, 5) is 23.3. The molecule has 0 radical (unpaired) electrons. The Hall–Kier alpha value is -3.71. The second-order valence-electron chi connectivity index (χ2n) is 5.85. The predicted molar refractivity (Wildman–Crippen MR) is 103 cm³/mol. The standard InChI is InChI=1S/C20H18N4O3/c1-24-13-16(17-7-2-3-8-18(17)24)12-21-22-20(26)15-6-4-5-14(11-15)9-10-19(25)23-27/h2-13,27H,1H3,(H,22,26)(H,23,25)/b10-9+,21-12+. The Morgan fingerprint density at radius 3 is 2.78 bits per heavy atom. The molecule has 3 N–H and O–H groups in total. The zero-order valence-corrected chi connectivity index (χ0v) is 14.6. The number of amides is 2. The number of carbonyl (C=O) groups is 2. The minimum atomic E-state index is -0.649. The summed E-state index contributed by atoms with van der Waals surface area (Å²) in [5.74, 6) is -1.02. The molecule has 7 heteroatoms. The Morgan fingerprint density at radius 1 is 1.15 bits per heavy atom. The molecule has 0 aliphatic carbocycles. The van der Waals surface area contributed by atoms with Gasteiger partial charge in [-0.25, -0.2) is 10.9 Å². The maximum absolute atomic E-state index is 12.3. The van der Waals surface area contributed by atoms with Crippen LogP contribution in [-0.4, -0.2) is 27.8 Å². The Kier molecular flexibility index (Phi) is 5.44. The maximum atomic E-state index is 12.3. The number of benzene rings is 2. The van der Waals surface area contributed by atoms with Gasteiger partial charge in [-0.3, -0.25) is 14.8 Å². The lowest BCUT2D eigenvalue weighted by atomic mass is 10.1. The van der Waals surface area contributed by atoms with Gasteiger partial charge in [-0.1, -0.05) is 30.3 Å². The number of para-hydroxylation sites is 1. The van der Waals surface area contributed by atoms with Gasteiger partial charge >= 0.3 is 0 Å². The molecule has 1 heterocycles. The average Bonchev–Trinajstić information content (AvgIpc) is 3.02. The van der Waals surface area contributed by atoms with E-state index in [9.17, 15) is 9.59 Å². The van der Waals surface area contributed by atoms with Crippen molar-refractivity contribution >= 4 is 35.0 Å². The third kappa shape index (κ3) is 4.28. The van der Waals surface area contributed by atoms with Crippen LogP contribution in [0.15, 0.2) is 65.9 Å². The molecule has 0 fully saturated rings. The van der Waals surface area contributed by atoms with Crippen molar-refractivity contribution in [2.75, 3.05) is 0 Å². The van der Waals surface area contributed by atoms with Crippen LogP contribution in [0.2, 0.25) is 0 Å². The molecule has 3 aromatic rings. The van der Waals surface area contributed by atoms with Gasteiger partial charge in [0, 0.05) is 41.4 Å². The van der Waals surface area contributed by atoms with E-state index in [0.29, 0.717) is 11.1 Å². The fourth-order valence-corrected chi connectivity index (χ4v) is 2.69. The van der Waals surface area contributed by atoms with Gasteiger partial charge in [-0.2, -0.15) is 5.10 Å². The lowest BCUT2D eigenvalue weighted by molar-refractivity contribution is -0.124. The van der Waals surface area contributed by atoms with Gasteiger partial charge in [-0.05, 0) is 29.8 Å². The summed E-state index contributed by atoms with van der Waals surface area (Å²) in [5, 5.41) is 13.6. The normalized spacial score (nSPS) is 11.3. The molecule has 1 aromatic heterocycles. The van der Waals surface area contributed by atoms with E-state index >= 15 is 0 Å². The Balaban J connectivity index is 1.71. The summed E-state index contributed by atoms with van der Waals surface area (Å²) in [7, 11) is 1.95. The number of aromatic nitrogens is 1. The summed E-state index contributed by atoms with van der Waals surface area (Å²) < 4.78 is 2.00. The van der Waals surface area contributed by atoms with Gasteiger partial charge in [0.1, 0.15) is 0 Å². The number of hydrogen-bond acceptors (Lipinski definition) is 4. The molecule has 3 rings (SSSR count). The fraction of sp³-hybridized carbons (Fsp3) is 0.0500. The van der Waals surface area contributed by atoms with E-state index in [2.05, 4.69) is 10.5 Å². The van der Waals surface area contributed by atoms with E-state index < -0.39 is 5.91 Å². The average molecular weight is 362 g/mol. The number of fused-ring (bicyclic) bond motifs is 1. The van der Waals surface area contributed by atoms with Crippen molar-refractivity contribution in [1.29, 1.82) is 0 Å². The molecule has 0 saturated carbocycles. The molecule has 2 aromatic carbocycles. The van der Waals surface area contributed by atoms with Crippen molar-refractivity contribution in [2.24, 2.45) is 12.1 Å². The first kappa shape index (κ1) is 18.1. The molecule has 0 saturated heterocycles. The molecular weight excluding hydrogens is 344 g/mol. The summed E-state index contributed by atoms with van der Waals surface area (Å²) in [6.45, 7) is 0. The molecule has 0 spiro atoms. The van der Waals surface area contributed by atoms with E-state index in [1.807, 2.05) is 42.1 Å². The number of hydrogen-bond donors (Lipinski definition) is 3. The lowest BCUT2D eigenvalue weighted by Crippen LogP contribution is -2.17. The van der Waals surface area contributed by atoms with Crippen LogP contribution in [-0.2, 0) is 11.8 Å². The van der Waals surface area contributed by atoms with Crippen LogP contribution in [0, 0.1) is 0 Å². The molecular formula is C20H18N4O3. The first-order valence-electron chi connectivity index (χ1n) is 8.18. The van der Waals surface area contributed by atoms with Crippen LogP contribution < -0.4 is 10.9 Å². The van der Waals surface area contributed by atoms with Crippen molar-refractivity contribution in [3.8, 4) is 0 Å². The fourth-order valence-electron chi connectivity index (χ4n) is 2.69. The first-order valence-corrected chi connectivity index (χ1v) is 8.18. The SMILES string of the molecule is Cn1cc(/C=N/NC(=O)c2cccc(/C=C/C(=O)NO)c2)c2ccccc21. The van der Waals surface area contributed by atoms with E-state index in [0.717, 1.165) is 22.5 Å². The minimum absolute atomic E-state index is 0.367. The summed E-state index contributed by atoms with van der Waals surface area (Å²) in [6.07, 6.45) is 6.20. The second-order valence-corrected chi connectivity index (χ2v) is 5.85. The Labute approximate surface area is 155 Å². The quantitative estimate of drug-likeness (QED) is 0.282. The highest BCUT2D eigenvalue weighted by atomic mass is 16.5. The molecule has 27 heavy (non-hydrogen) atoms. The molecule has 136 valence electrons. The number of hydroxylamine groups is 1. The van der Waals surface area contributed by atoms with E-state index in [-0.39, 0.29) is 5.91 Å².